The number of nitrogens with two attached hydrogens (primary N) is 2. The minimum atomic E-state index is -0.752. The van der Waals surface area contributed by atoms with Crippen LogP contribution in [-0.4, -0.2) is 43.8 Å². The highest BCUT2D eigenvalue weighted by molar-refractivity contribution is 6.04. The van der Waals surface area contributed by atoms with Crippen molar-refractivity contribution in [3.05, 3.63) is 65.2 Å². The average molecular weight is 472 g/mol. The lowest BCUT2D eigenvalue weighted by molar-refractivity contribution is -0.126. The molecule has 0 aliphatic carbocycles. The van der Waals surface area contributed by atoms with Crippen LogP contribution >= 0.6 is 0 Å². The molecule has 1 atom stereocenters. The molecule has 5 N–H and O–H groups in total. The normalized spacial score (nSPS) is 14.8. The number of aryl methyl sites for hydroxylation is 1. The Morgan fingerprint density at radius 2 is 1.91 bits per heavy atom. The summed E-state index contributed by atoms with van der Waals surface area (Å²) in [5.74, 6) is 10.8. The van der Waals surface area contributed by atoms with Crippen LogP contribution in [0.25, 0.3) is 11.3 Å². The van der Waals surface area contributed by atoms with Crippen molar-refractivity contribution in [3.63, 3.8) is 0 Å². The monoisotopic (exact) mass is 471 g/mol. The van der Waals surface area contributed by atoms with E-state index in [1.807, 2.05) is 13.0 Å². The van der Waals surface area contributed by atoms with Crippen LogP contribution < -0.4 is 16.9 Å². The van der Waals surface area contributed by atoms with Gasteiger partial charge in [-0.15, -0.1) is 0 Å². The van der Waals surface area contributed by atoms with E-state index in [0.29, 0.717) is 35.7 Å². The number of likely N-dealkylation sites (tertiary alicyclic amines) is 1. The molecule has 10 nitrogen and oxygen atoms in total. The molecule has 1 saturated heterocycles. The first kappa shape index (κ1) is 23.5. The number of primary amides is 1. The van der Waals surface area contributed by atoms with E-state index in [4.69, 9.17) is 11.6 Å². The van der Waals surface area contributed by atoms with E-state index in [2.05, 4.69) is 27.1 Å². The Kier molecular flexibility index (Phi) is 6.51. The molecule has 3 amide bonds. The van der Waals surface area contributed by atoms with Crippen LogP contribution in [0.2, 0.25) is 0 Å². The molecule has 0 unspecified atom stereocenters. The lowest BCUT2D eigenvalue weighted by Gasteiger charge is -2.21. The van der Waals surface area contributed by atoms with Crippen LogP contribution in [-0.2, 0) is 4.79 Å². The molecule has 4 rings (SSSR count). The van der Waals surface area contributed by atoms with Crippen LogP contribution in [0.3, 0.4) is 0 Å². The standard InChI is InChI=1S/C25H25N7O3/c1-3-5-20(33)31-13-4-6-18(31)24-30-21(22(23(26)34)32(24)27)16-7-9-17(10-8-16)25(35)29-19-14-15(2)11-12-28-19/h7-12,14,18H,4,6,13,27H2,1-2H3,(H2,26,34)(H,28,29,35)/t18-/m0/s1. The second kappa shape index (κ2) is 9.69. The molecular formula is C25H25N7O3. The van der Waals surface area contributed by atoms with Gasteiger partial charge in [-0.3, -0.25) is 14.4 Å². The van der Waals surface area contributed by atoms with Gasteiger partial charge >= 0.3 is 0 Å². The van der Waals surface area contributed by atoms with Crippen molar-refractivity contribution in [2.75, 3.05) is 17.7 Å². The number of anilines is 1. The molecule has 3 heterocycles. The first-order valence-electron chi connectivity index (χ1n) is 11.1. The molecule has 1 aliphatic heterocycles. The Morgan fingerprint density at radius 3 is 2.57 bits per heavy atom. The summed E-state index contributed by atoms with van der Waals surface area (Å²) in [5, 5.41) is 2.75. The zero-order valence-electron chi connectivity index (χ0n) is 19.4. The fourth-order valence-electron chi connectivity index (χ4n) is 4.15. The summed E-state index contributed by atoms with van der Waals surface area (Å²) in [6.45, 7) is 4.02. The molecule has 0 bridgehead atoms. The number of imidazole rings is 1. The maximum atomic E-state index is 12.6. The molecule has 2 aromatic heterocycles. The van der Waals surface area contributed by atoms with Gasteiger partial charge in [0.1, 0.15) is 11.5 Å². The first-order valence-corrected chi connectivity index (χ1v) is 11.1. The number of hydrogen-bond donors (Lipinski definition) is 3. The smallest absolute Gasteiger partial charge is 0.299 e. The fourth-order valence-corrected chi connectivity index (χ4v) is 4.15. The summed E-state index contributed by atoms with van der Waals surface area (Å²) in [6.07, 6.45) is 3.01. The SMILES string of the molecule is CC#CC(=O)N1CCC[C@H]1c1nc(-c2ccc(C(=O)Nc3cc(C)ccn3)cc2)c(C(N)=O)n1N. The molecule has 10 heteroatoms. The quantitative estimate of drug-likeness (QED) is 0.383. The van der Waals surface area contributed by atoms with Crippen LogP contribution in [0.4, 0.5) is 5.82 Å². The number of hydrogen-bond acceptors (Lipinski definition) is 6. The van der Waals surface area contributed by atoms with Gasteiger partial charge in [0.25, 0.3) is 17.7 Å². The van der Waals surface area contributed by atoms with Crippen molar-refractivity contribution >= 4 is 23.5 Å². The van der Waals surface area contributed by atoms with Gasteiger partial charge in [-0.1, -0.05) is 18.1 Å². The number of nitrogens with one attached hydrogen (secondary N) is 1. The summed E-state index contributed by atoms with van der Waals surface area (Å²) in [5.41, 5.74) is 7.85. The fraction of sp³-hybridized carbons (Fsp3) is 0.240. The second-order valence-corrected chi connectivity index (χ2v) is 8.18. The van der Waals surface area contributed by atoms with Crippen molar-refractivity contribution in [3.8, 4) is 23.1 Å². The second-order valence-electron chi connectivity index (χ2n) is 8.18. The van der Waals surface area contributed by atoms with E-state index in [-0.39, 0.29) is 23.2 Å². The number of aromatic nitrogens is 3. The van der Waals surface area contributed by atoms with E-state index in [9.17, 15) is 14.4 Å². The topological polar surface area (TPSA) is 149 Å². The van der Waals surface area contributed by atoms with E-state index in [0.717, 1.165) is 16.7 Å². The van der Waals surface area contributed by atoms with Crippen LogP contribution in [0, 0.1) is 18.8 Å². The zero-order chi connectivity index (χ0) is 25.1. The van der Waals surface area contributed by atoms with Crippen molar-refractivity contribution in [2.24, 2.45) is 5.73 Å². The van der Waals surface area contributed by atoms with Gasteiger partial charge in [-0.25, -0.2) is 14.6 Å². The van der Waals surface area contributed by atoms with Gasteiger partial charge in [-0.2, -0.15) is 0 Å². The Morgan fingerprint density at radius 1 is 1.17 bits per heavy atom. The summed E-state index contributed by atoms with van der Waals surface area (Å²) in [6, 6.07) is 9.74. The molecule has 1 fully saturated rings. The zero-order valence-corrected chi connectivity index (χ0v) is 19.4. The number of pyridine rings is 1. The molecule has 178 valence electrons. The summed E-state index contributed by atoms with van der Waals surface area (Å²) < 4.78 is 1.15. The van der Waals surface area contributed by atoms with Crippen molar-refractivity contribution in [1.29, 1.82) is 0 Å². The summed E-state index contributed by atoms with van der Waals surface area (Å²) in [7, 11) is 0. The molecule has 3 aromatic rings. The van der Waals surface area contributed by atoms with Crippen LogP contribution in [0.15, 0.2) is 42.6 Å². The number of rotatable bonds is 5. The van der Waals surface area contributed by atoms with Gasteiger partial charge in [-0.05, 0) is 62.4 Å². The number of amides is 3. The minimum absolute atomic E-state index is 0.0158. The predicted octanol–water partition coefficient (Wildman–Crippen LogP) is 2.01. The Hall–Kier alpha value is -4.65. The average Bonchev–Trinajstić information content (AvgIpc) is 3.44. The number of carbonyl (C=O) groups excluding carboxylic acids is 3. The van der Waals surface area contributed by atoms with Crippen LogP contribution in [0.5, 0.6) is 0 Å². The molecule has 0 spiro atoms. The Balaban J connectivity index is 1.64. The third-order valence-electron chi connectivity index (χ3n) is 5.79. The maximum Gasteiger partial charge on any atom is 0.299 e. The largest absolute Gasteiger partial charge is 0.364 e. The summed E-state index contributed by atoms with van der Waals surface area (Å²) in [4.78, 5) is 47.7. The molecule has 1 aromatic carbocycles. The van der Waals surface area contributed by atoms with E-state index < -0.39 is 11.9 Å². The van der Waals surface area contributed by atoms with E-state index in [1.165, 1.54) is 0 Å². The van der Waals surface area contributed by atoms with Crippen LogP contribution in [0.1, 0.15) is 58.0 Å². The van der Waals surface area contributed by atoms with Crippen molar-refractivity contribution < 1.29 is 14.4 Å². The molecule has 0 radical (unpaired) electrons. The number of carbonyl (C=O) groups is 3. The lowest BCUT2D eigenvalue weighted by Crippen LogP contribution is -2.33. The van der Waals surface area contributed by atoms with Gasteiger partial charge < -0.3 is 21.8 Å². The highest BCUT2D eigenvalue weighted by Gasteiger charge is 2.35. The minimum Gasteiger partial charge on any atom is -0.364 e. The molecular weight excluding hydrogens is 446 g/mol. The van der Waals surface area contributed by atoms with E-state index >= 15 is 0 Å². The number of nitrogen functional groups attached to an aromatic ring is 1. The van der Waals surface area contributed by atoms with Gasteiger partial charge in [0.15, 0.2) is 11.5 Å². The Labute approximate surface area is 202 Å². The third-order valence-corrected chi connectivity index (χ3v) is 5.79. The van der Waals surface area contributed by atoms with Crippen molar-refractivity contribution in [1.82, 2.24) is 19.5 Å². The highest BCUT2D eigenvalue weighted by Crippen LogP contribution is 2.34. The lowest BCUT2D eigenvalue weighted by atomic mass is 10.1. The summed E-state index contributed by atoms with van der Waals surface area (Å²) >= 11 is 0. The maximum absolute atomic E-state index is 12.6. The van der Waals surface area contributed by atoms with Gasteiger partial charge in [0.2, 0.25) is 0 Å². The van der Waals surface area contributed by atoms with Gasteiger partial charge in [0.05, 0.1) is 6.04 Å². The number of nitrogens with zero attached hydrogens (tertiary/aromatic N) is 4. The molecule has 0 saturated carbocycles. The third kappa shape index (κ3) is 4.70. The van der Waals surface area contributed by atoms with Crippen molar-refractivity contribution in [2.45, 2.75) is 32.7 Å². The molecule has 1 aliphatic rings. The molecule has 35 heavy (non-hydrogen) atoms. The first-order chi connectivity index (χ1) is 16.8. The number of benzene rings is 1. The predicted molar refractivity (Wildman–Crippen MR) is 130 cm³/mol. The van der Waals surface area contributed by atoms with E-state index in [1.54, 1.807) is 48.4 Å². The van der Waals surface area contributed by atoms with Gasteiger partial charge in [0, 0.05) is 23.9 Å². The highest BCUT2D eigenvalue weighted by atomic mass is 16.2. The Bertz CT molecular complexity index is 1370.